The Labute approximate surface area is 124 Å². The molecule has 2 rings (SSSR count). The van der Waals surface area contributed by atoms with Gasteiger partial charge in [0.05, 0.1) is 20.8 Å². The molecule has 4 heteroatoms. The van der Waals surface area contributed by atoms with Gasteiger partial charge in [-0.15, -0.1) is 6.42 Å². The number of hydrogen-bond acceptors (Lipinski definition) is 4. The predicted octanol–water partition coefficient (Wildman–Crippen LogP) is 2.29. The van der Waals surface area contributed by atoms with E-state index in [0.29, 0.717) is 0 Å². The third-order valence-corrected chi connectivity index (χ3v) is 3.29. The van der Waals surface area contributed by atoms with Gasteiger partial charge in [0.15, 0.2) is 0 Å². The summed E-state index contributed by atoms with van der Waals surface area (Å²) in [6.45, 7) is 0.278. The van der Waals surface area contributed by atoms with Gasteiger partial charge in [-0.1, -0.05) is 36.3 Å². The number of carbonyl (C=O) groups is 1. The molecule has 1 atom stereocenters. The molecule has 0 saturated heterocycles. The zero-order chi connectivity index (χ0) is 15.2. The number of benzene rings is 2. The number of rotatable bonds is 5. The van der Waals surface area contributed by atoms with Crippen LogP contribution in [0.25, 0.3) is 10.8 Å². The fourth-order valence-corrected chi connectivity index (χ4v) is 2.32. The van der Waals surface area contributed by atoms with E-state index in [1.54, 1.807) is 7.11 Å². The van der Waals surface area contributed by atoms with Crippen LogP contribution < -0.4 is 10.1 Å². The second kappa shape index (κ2) is 6.78. The van der Waals surface area contributed by atoms with Crippen LogP contribution in [0, 0.1) is 12.3 Å². The zero-order valence-electron chi connectivity index (χ0n) is 12.1. The van der Waals surface area contributed by atoms with E-state index in [-0.39, 0.29) is 12.5 Å². The Morgan fingerprint density at radius 2 is 1.95 bits per heavy atom. The van der Waals surface area contributed by atoms with Crippen molar-refractivity contribution >= 4 is 16.7 Å². The van der Waals surface area contributed by atoms with Gasteiger partial charge in [0.25, 0.3) is 0 Å². The van der Waals surface area contributed by atoms with Crippen LogP contribution in [0.5, 0.6) is 5.75 Å². The van der Waals surface area contributed by atoms with E-state index in [1.165, 1.54) is 7.11 Å². The standard InChI is InChI=1S/C17H17NO3/c1-4-11-18-16(17(19)21-3)14-9-10-15(20-2)13-8-6-5-7-12(13)14/h1,5-10,16,18H,11H2,2-3H3. The monoisotopic (exact) mass is 283 g/mol. The van der Waals surface area contributed by atoms with Crippen molar-refractivity contribution in [2.45, 2.75) is 6.04 Å². The van der Waals surface area contributed by atoms with Crippen molar-refractivity contribution in [3.63, 3.8) is 0 Å². The largest absolute Gasteiger partial charge is 0.496 e. The van der Waals surface area contributed by atoms with Gasteiger partial charge in [0.1, 0.15) is 11.8 Å². The molecule has 0 bridgehead atoms. The van der Waals surface area contributed by atoms with Gasteiger partial charge >= 0.3 is 5.97 Å². The first kappa shape index (κ1) is 14.9. The molecule has 0 saturated carbocycles. The highest BCUT2D eigenvalue weighted by molar-refractivity contribution is 5.94. The third kappa shape index (κ3) is 2.99. The highest BCUT2D eigenvalue weighted by atomic mass is 16.5. The molecule has 0 aliphatic carbocycles. The van der Waals surface area contributed by atoms with E-state index < -0.39 is 6.04 Å². The summed E-state index contributed by atoms with van der Waals surface area (Å²) in [6, 6.07) is 10.8. The zero-order valence-corrected chi connectivity index (χ0v) is 12.1. The van der Waals surface area contributed by atoms with Gasteiger partial charge in [0.2, 0.25) is 0 Å². The summed E-state index contributed by atoms with van der Waals surface area (Å²) in [5.74, 6) is 2.86. The molecule has 1 unspecified atom stereocenters. The lowest BCUT2D eigenvalue weighted by molar-refractivity contribution is -0.143. The maximum absolute atomic E-state index is 12.0. The molecule has 108 valence electrons. The van der Waals surface area contributed by atoms with Crippen molar-refractivity contribution in [1.29, 1.82) is 0 Å². The second-order valence-corrected chi connectivity index (χ2v) is 4.44. The number of esters is 1. The Kier molecular flexibility index (Phi) is 4.81. The lowest BCUT2D eigenvalue weighted by atomic mass is 9.98. The maximum Gasteiger partial charge on any atom is 0.327 e. The smallest absolute Gasteiger partial charge is 0.327 e. The van der Waals surface area contributed by atoms with Crippen LogP contribution in [-0.4, -0.2) is 26.7 Å². The van der Waals surface area contributed by atoms with E-state index in [9.17, 15) is 4.79 Å². The van der Waals surface area contributed by atoms with Crippen molar-refractivity contribution in [2.24, 2.45) is 0 Å². The third-order valence-electron chi connectivity index (χ3n) is 3.29. The summed E-state index contributed by atoms with van der Waals surface area (Å²) in [4.78, 5) is 12.0. The quantitative estimate of drug-likeness (QED) is 0.675. The van der Waals surface area contributed by atoms with Gasteiger partial charge in [-0.05, 0) is 17.0 Å². The lowest BCUT2D eigenvalue weighted by Crippen LogP contribution is -2.30. The first-order valence-corrected chi connectivity index (χ1v) is 6.53. The Hall–Kier alpha value is -2.51. The second-order valence-electron chi connectivity index (χ2n) is 4.44. The normalized spacial score (nSPS) is 11.7. The molecule has 0 heterocycles. The summed E-state index contributed by atoms with van der Waals surface area (Å²) in [6.07, 6.45) is 5.27. The lowest BCUT2D eigenvalue weighted by Gasteiger charge is -2.18. The summed E-state index contributed by atoms with van der Waals surface area (Å²) >= 11 is 0. The maximum atomic E-state index is 12.0. The number of methoxy groups -OCH3 is 2. The molecule has 0 spiro atoms. The molecule has 2 aromatic rings. The fraction of sp³-hybridized carbons (Fsp3) is 0.235. The van der Waals surface area contributed by atoms with Crippen molar-refractivity contribution < 1.29 is 14.3 Å². The average molecular weight is 283 g/mol. The Morgan fingerprint density at radius 3 is 2.57 bits per heavy atom. The summed E-state index contributed by atoms with van der Waals surface area (Å²) in [5.41, 5.74) is 0.813. The topological polar surface area (TPSA) is 47.6 Å². The Bertz CT molecular complexity index is 688. The summed E-state index contributed by atoms with van der Waals surface area (Å²) < 4.78 is 10.2. The minimum absolute atomic E-state index is 0.278. The van der Waals surface area contributed by atoms with Crippen LogP contribution in [-0.2, 0) is 9.53 Å². The van der Waals surface area contributed by atoms with Gasteiger partial charge in [-0.25, -0.2) is 4.79 Å². The van der Waals surface area contributed by atoms with Crippen molar-refractivity contribution in [2.75, 3.05) is 20.8 Å². The number of carbonyl (C=O) groups excluding carboxylic acids is 1. The number of ether oxygens (including phenoxy) is 2. The van der Waals surface area contributed by atoms with Crippen molar-refractivity contribution in [3.8, 4) is 18.1 Å². The Morgan fingerprint density at radius 1 is 1.24 bits per heavy atom. The van der Waals surface area contributed by atoms with Crippen LogP contribution in [0.4, 0.5) is 0 Å². The minimum Gasteiger partial charge on any atom is -0.496 e. The number of nitrogens with one attached hydrogen (secondary N) is 1. The minimum atomic E-state index is -0.609. The average Bonchev–Trinajstić information content (AvgIpc) is 2.54. The van der Waals surface area contributed by atoms with Crippen LogP contribution in [0.15, 0.2) is 36.4 Å². The molecule has 0 aliphatic heterocycles. The molecule has 0 radical (unpaired) electrons. The van der Waals surface area contributed by atoms with Crippen LogP contribution in [0.1, 0.15) is 11.6 Å². The first-order chi connectivity index (χ1) is 10.2. The number of fused-ring (bicyclic) bond motifs is 1. The van der Waals surface area contributed by atoms with E-state index >= 15 is 0 Å². The van der Waals surface area contributed by atoms with Crippen molar-refractivity contribution in [1.82, 2.24) is 5.32 Å². The first-order valence-electron chi connectivity index (χ1n) is 6.53. The number of terminal acetylenes is 1. The Balaban J connectivity index is 2.58. The molecule has 0 fully saturated rings. The summed E-state index contributed by atoms with van der Waals surface area (Å²) in [7, 11) is 2.98. The molecule has 21 heavy (non-hydrogen) atoms. The molecule has 4 nitrogen and oxygen atoms in total. The molecule has 2 aromatic carbocycles. The van der Waals surface area contributed by atoms with E-state index in [2.05, 4.69) is 11.2 Å². The van der Waals surface area contributed by atoms with E-state index in [1.807, 2.05) is 36.4 Å². The predicted molar refractivity (Wildman–Crippen MR) is 82.1 cm³/mol. The molecule has 0 aliphatic rings. The molecular weight excluding hydrogens is 266 g/mol. The molecule has 0 aromatic heterocycles. The SMILES string of the molecule is C#CCNC(C(=O)OC)c1ccc(OC)c2ccccc12. The van der Waals surface area contributed by atoms with Gasteiger partial charge in [-0.2, -0.15) is 0 Å². The van der Waals surface area contributed by atoms with Gasteiger partial charge in [0, 0.05) is 5.39 Å². The van der Waals surface area contributed by atoms with Crippen molar-refractivity contribution in [3.05, 3.63) is 42.0 Å². The fourth-order valence-electron chi connectivity index (χ4n) is 2.32. The summed E-state index contributed by atoms with van der Waals surface area (Å²) in [5, 5.41) is 4.88. The van der Waals surface area contributed by atoms with Crippen LogP contribution in [0.3, 0.4) is 0 Å². The van der Waals surface area contributed by atoms with Crippen LogP contribution >= 0.6 is 0 Å². The van der Waals surface area contributed by atoms with Gasteiger partial charge < -0.3 is 9.47 Å². The molecular formula is C17H17NO3. The van der Waals surface area contributed by atoms with Gasteiger partial charge in [-0.3, -0.25) is 5.32 Å². The van der Waals surface area contributed by atoms with E-state index in [0.717, 1.165) is 22.1 Å². The van der Waals surface area contributed by atoms with Crippen LogP contribution in [0.2, 0.25) is 0 Å². The molecule has 1 N–H and O–H groups in total. The molecule has 0 amide bonds. The van der Waals surface area contributed by atoms with E-state index in [4.69, 9.17) is 15.9 Å². The highest BCUT2D eigenvalue weighted by Crippen LogP contribution is 2.31. The highest BCUT2D eigenvalue weighted by Gasteiger charge is 2.23. The number of hydrogen-bond donors (Lipinski definition) is 1.